The number of aliphatic imine (C=N–C) groups is 1. The summed E-state index contributed by atoms with van der Waals surface area (Å²) in [6.45, 7) is 0.682. The van der Waals surface area contributed by atoms with E-state index in [9.17, 15) is 0 Å². The summed E-state index contributed by atoms with van der Waals surface area (Å²) in [6, 6.07) is 0. The van der Waals surface area contributed by atoms with Crippen molar-refractivity contribution in [2.75, 3.05) is 6.54 Å². The van der Waals surface area contributed by atoms with Crippen LogP contribution in [0.25, 0.3) is 0 Å². The van der Waals surface area contributed by atoms with Gasteiger partial charge in [0.05, 0.1) is 6.54 Å². The van der Waals surface area contributed by atoms with Crippen molar-refractivity contribution in [2.45, 2.75) is 6.42 Å². The van der Waals surface area contributed by atoms with Crippen LogP contribution in [0, 0.1) is 0 Å². The van der Waals surface area contributed by atoms with Gasteiger partial charge in [-0.3, -0.25) is 4.99 Å². The smallest absolute Gasteiger partial charge is 0.0739 e. The minimum Gasteiger partial charge on any atom is -0.292 e. The molecule has 0 aromatic heterocycles. The van der Waals surface area contributed by atoms with E-state index in [2.05, 4.69) is 4.99 Å². The Balaban J connectivity index is 2.50. The first-order chi connectivity index (χ1) is 3.39. The van der Waals surface area contributed by atoms with Gasteiger partial charge in [-0.05, 0) is 0 Å². The van der Waals surface area contributed by atoms with Crippen LogP contribution in [0.1, 0.15) is 6.42 Å². The molecule has 2 heteroatoms. The fourth-order valence-electron chi connectivity index (χ4n) is 0.471. The standard InChI is InChI=1S/C5H6ClN/c6-5-2-1-3-7-4-5/h2-3H,1,4H2. The number of dihydropyridines is 1. The van der Waals surface area contributed by atoms with E-state index < -0.39 is 0 Å². The maximum Gasteiger partial charge on any atom is 0.0739 e. The fourth-order valence-corrected chi connectivity index (χ4v) is 0.630. The quantitative estimate of drug-likeness (QED) is 0.455. The Kier molecular flexibility index (Phi) is 1.47. The van der Waals surface area contributed by atoms with E-state index in [1.807, 2.05) is 12.3 Å². The Morgan fingerprint density at radius 1 is 1.71 bits per heavy atom. The summed E-state index contributed by atoms with van der Waals surface area (Å²) in [5.74, 6) is 0. The molecule has 0 aromatic rings. The van der Waals surface area contributed by atoms with E-state index >= 15 is 0 Å². The third-order valence-corrected chi connectivity index (χ3v) is 1.09. The van der Waals surface area contributed by atoms with Gasteiger partial charge in [0.15, 0.2) is 0 Å². The summed E-state index contributed by atoms with van der Waals surface area (Å²) in [4.78, 5) is 3.93. The molecule has 1 heterocycles. The van der Waals surface area contributed by atoms with E-state index in [-0.39, 0.29) is 0 Å². The van der Waals surface area contributed by atoms with Gasteiger partial charge in [0.1, 0.15) is 0 Å². The van der Waals surface area contributed by atoms with Crippen molar-refractivity contribution >= 4 is 17.8 Å². The molecular formula is C5H6ClN. The van der Waals surface area contributed by atoms with Crippen LogP contribution in [0.2, 0.25) is 0 Å². The lowest BCUT2D eigenvalue weighted by atomic mass is 10.3. The topological polar surface area (TPSA) is 12.4 Å². The zero-order valence-corrected chi connectivity index (χ0v) is 4.65. The predicted molar refractivity (Wildman–Crippen MR) is 31.9 cm³/mol. The highest BCUT2D eigenvalue weighted by molar-refractivity contribution is 6.30. The average molecular weight is 116 g/mol. The molecule has 1 aliphatic heterocycles. The van der Waals surface area contributed by atoms with Crippen molar-refractivity contribution in [1.82, 2.24) is 0 Å². The monoisotopic (exact) mass is 115 g/mol. The minimum absolute atomic E-state index is 0.682. The molecule has 0 saturated heterocycles. The van der Waals surface area contributed by atoms with E-state index in [4.69, 9.17) is 11.6 Å². The highest BCUT2D eigenvalue weighted by Gasteiger charge is 1.90. The van der Waals surface area contributed by atoms with E-state index in [0.717, 1.165) is 11.5 Å². The van der Waals surface area contributed by atoms with Gasteiger partial charge >= 0.3 is 0 Å². The highest BCUT2D eigenvalue weighted by Crippen LogP contribution is 2.05. The highest BCUT2D eigenvalue weighted by atomic mass is 35.5. The first-order valence-corrected chi connectivity index (χ1v) is 2.60. The molecule has 0 amide bonds. The first kappa shape index (κ1) is 4.85. The van der Waals surface area contributed by atoms with Gasteiger partial charge in [0.2, 0.25) is 0 Å². The van der Waals surface area contributed by atoms with Crippen LogP contribution < -0.4 is 0 Å². The molecule has 0 aromatic carbocycles. The van der Waals surface area contributed by atoms with Crippen LogP contribution in [-0.2, 0) is 0 Å². The van der Waals surface area contributed by atoms with Gasteiger partial charge in [0, 0.05) is 17.7 Å². The van der Waals surface area contributed by atoms with Crippen molar-refractivity contribution in [2.24, 2.45) is 4.99 Å². The lowest BCUT2D eigenvalue weighted by molar-refractivity contribution is 1.17. The van der Waals surface area contributed by atoms with Crippen molar-refractivity contribution in [3.05, 3.63) is 11.1 Å². The molecule has 38 valence electrons. The normalized spacial score (nSPS) is 19.3. The van der Waals surface area contributed by atoms with Crippen molar-refractivity contribution in [3.63, 3.8) is 0 Å². The number of halogens is 1. The Morgan fingerprint density at radius 3 is 2.86 bits per heavy atom. The van der Waals surface area contributed by atoms with E-state index in [1.165, 1.54) is 0 Å². The molecule has 7 heavy (non-hydrogen) atoms. The molecule has 1 aliphatic rings. The molecule has 0 N–H and O–H groups in total. The fraction of sp³-hybridized carbons (Fsp3) is 0.400. The Labute approximate surface area is 47.7 Å². The molecule has 0 aliphatic carbocycles. The van der Waals surface area contributed by atoms with Gasteiger partial charge in [0.25, 0.3) is 0 Å². The average Bonchev–Trinajstić information content (AvgIpc) is 1.69. The lowest BCUT2D eigenvalue weighted by Crippen LogP contribution is -1.87. The Morgan fingerprint density at radius 2 is 2.57 bits per heavy atom. The van der Waals surface area contributed by atoms with Gasteiger partial charge in [-0.15, -0.1) is 0 Å². The van der Waals surface area contributed by atoms with E-state index in [1.54, 1.807) is 0 Å². The van der Waals surface area contributed by atoms with Crippen LogP contribution in [0.3, 0.4) is 0 Å². The second-order valence-electron chi connectivity index (χ2n) is 1.41. The molecule has 0 unspecified atom stereocenters. The number of hydrogen-bond acceptors (Lipinski definition) is 1. The number of hydrogen-bond donors (Lipinski definition) is 0. The molecule has 0 fully saturated rings. The maximum atomic E-state index is 5.56. The second-order valence-corrected chi connectivity index (χ2v) is 1.90. The van der Waals surface area contributed by atoms with Crippen LogP contribution in [0.4, 0.5) is 0 Å². The third kappa shape index (κ3) is 1.32. The molecule has 0 bridgehead atoms. The van der Waals surface area contributed by atoms with Gasteiger partial charge < -0.3 is 0 Å². The lowest BCUT2D eigenvalue weighted by Gasteiger charge is -1.95. The largest absolute Gasteiger partial charge is 0.292 e. The molecule has 0 saturated carbocycles. The predicted octanol–water partition coefficient (Wildman–Crippen LogP) is 1.58. The number of nitrogens with zero attached hydrogens (tertiary/aromatic N) is 1. The van der Waals surface area contributed by atoms with Crippen LogP contribution in [0.15, 0.2) is 16.1 Å². The number of allylic oxidation sites excluding steroid dienone is 1. The Hall–Kier alpha value is -0.300. The van der Waals surface area contributed by atoms with Gasteiger partial charge in [-0.2, -0.15) is 0 Å². The zero-order valence-electron chi connectivity index (χ0n) is 3.89. The van der Waals surface area contributed by atoms with Crippen molar-refractivity contribution in [3.8, 4) is 0 Å². The van der Waals surface area contributed by atoms with E-state index in [0.29, 0.717) is 6.54 Å². The first-order valence-electron chi connectivity index (χ1n) is 2.22. The molecule has 0 atom stereocenters. The minimum atomic E-state index is 0.682. The maximum absolute atomic E-state index is 5.56. The molecule has 0 spiro atoms. The second kappa shape index (κ2) is 2.12. The van der Waals surface area contributed by atoms with Crippen molar-refractivity contribution < 1.29 is 0 Å². The summed E-state index contributed by atoms with van der Waals surface area (Å²) in [6.07, 6.45) is 4.74. The summed E-state index contributed by atoms with van der Waals surface area (Å²) in [7, 11) is 0. The van der Waals surface area contributed by atoms with Crippen LogP contribution in [0.5, 0.6) is 0 Å². The van der Waals surface area contributed by atoms with Crippen molar-refractivity contribution in [1.29, 1.82) is 0 Å². The summed E-state index contributed by atoms with van der Waals surface area (Å²) in [5, 5.41) is 0.863. The Bertz CT molecular complexity index is 115. The molecular weight excluding hydrogens is 110 g/mol. The summed E-state index contributed by atoms with van der Waals surface area (Å²) >= 11 is 5.56. The molecule has 1 nitrogen and oxygen atoms in total. The van der Waals surface area contributed by atoms with Gasteiger partial charge in [-0.1, -0.05) is 17.7 Å². The zero-order chi connectivity index (χ0) is 5.11. The SMILES string of the molecule is ClC1=CCC=NC1. The molecule has 0 radical (unpaired) electrons. The number of rotatable bonds is 0. The molecule has 1 rings (SSSR count). The summed E-state index contributed by atoms with van der Waals surface area (Å²) in [5.41, 5.74) is 0. The van der Waals surface area contributed by atoms with Crippen LogP contribution >= 0.6 is 11.6 Å². The van der Waals surface area contributed by atoms with Gasteiger partial charge in [-0.25, -0.2) is 0 Å². The third-order valence-electron chi connectivity index (χ3n) is 0.816. The summed E-state index contributed by atoms with van der Waals surface area (Å²) < 4.78 is 0. The van der Waals surface area contributed by atoms with Crippen LogP contribution in [-0.4, -0.2) is 12.8 Å².